The molecule has 0 unspecified atom stereocenters. The van der Waals surface area contributed by atoms with Crippen molar-refractivity contribution in [3.8, 4) is 11.4 Å². The first-order valence-electron chi connectivity index (χ1n) is 6.87. The largest absolute Gasteiger partial charge is 0.411 e. The first-order chi connectivity index (χ1) is 10.4. The Labute approximate surface area is 121 Å². The molecular formula is C15H13N5O. The van der Waals surface area contributed by atoms with E-state index in [9.17, 15) is 0 Å². The van der Waals surface area contributed by atoms with Gasteiger partial charge < -0.3 is 4.42 Å². The number of aryl methyl sites for hydroxylation is 2. The predicted molar refractivity (Wildman–Crippen MR) is 77.1 cm³/mol. The SMILES string of the molecule is c1cc(Nc2nnco2)nc(-c2ccc3c(c2)CCC3)n1. The van der Waals surface area contributed by atoms with Gasteiger partial charge in [0.1, 0.15) is 5.82 Å². The van der Waals surface area contributed by atoms with Gasteiger partial charge in [0.25, 0.3) is 0 Å². The normalized spacial score (nSPS) is 13.1. The van der Waals surface area contributed by atoms with Crippen molar-refractivity contribution in [2.24, 2.45) is 0 Å². The van der Waals surface area contributed by atoms with E-state index in [2.05, 4.69) is 43.7 Å². The van der Waals surface area contributed by atoms with E-state index >= 15 is 0 Å². The lowest BCUT2D eigenvalue weighted by Crippen LogP contribution is -1.97. The summed E-state index contributed by atoms with van der Waals surface area (Å²) in [5, 5.41) is 10.3. The molecule has 4 rings (SSSR count). The molecule has 0 spiro atoms. The summed E-state index contributed by atoms with van der Waals surface area (Å²) >= 11 is 0. The van der Waals surface area contributed by atoms with Crippen molar-refractivity contribution in [2.75, 3.05) is 5.32 Å². The smallest absolute Gasteiger partial charge is 0.321 e. The Bertz CT molecular complexity index is 769. The summed E-state index contributed by atoms with van der Waals surface area (Å²) in [7, 11) is 0. The van der Waals surface area contributed by atoms with Gasteiger partial charge in [-0.05, 0) is 42.5 Å². The summed E-state index contributed by atoms with van der Waals surface area (Å²) < 4.78 is 5.05. The van der Waals surface area contributed by atoms with Crippen molar-refractivity contribution in [3.63, 3.8) is 0 Å². The van der Waals surface area contributed by atoms with Crippen molar-refractivity contribution < 1.29 is 4.42 Å². The molecule has 0 bridgehead atoms. The van der Waals surface area contributed by atoms with Gasteiger partial charge in [0.2, 0.25) is 6.39 Å². The van der Waals surface area contributed by atoms with Crippen LogP contribution in [-0.4, -0.2) is 20.2 Å². The fraction of sp³-hybridized carbons (Fsp3) is 0.200. The molecule has 0 fully saturated rings. The third-order valence-electron chi connectivity index (χ3n) is 3.61. The number of hydrogen-bond donors (Lipinski definition) is 1. The average Bonchev–Trinajstić information content (AvgIpc) is 3.17. The number of nitrogens with zero attached hydrogens (tertiary/aromatic N) is 4. The zero-order chi connectivity index (χ0) is 14.1. The zero-order valence-corrected chi connectivity index (χ0v) is 11.3. The molecule has 3 aromatic rings. The van der Waals surface area contributed by atoms with E-state index in [1.807, 2.05) is 0 Å². The van der Waals surface area contributed by atoms with E-state index in [0.717, 1.165) is 12.0 Å². The Hall–Kier alpha value is -2.76. The van der Waals surface area contributed by atoms with Crippen LogP contribution >= 0.6 is 0 Å². The summed E-state index contributed by atoms with van der Waals surface area (Å²) in [4.78, 5) is 8.84. The molecule has 104 valence electrons. The molecule has 0 saturated carbocycles. The molecule has 2 aromatic heterocycles. The molecular weight excluding hydrogens is 266 g/mol. The molecule has 1 aliphatic carbocycles. The van der Waals surface area contributed by atoms with Gasteiger partial charge in [-0.25, -0.2) is 9.97 Å². The summed E-state index contributed by atoms with van der Waals surface area (Å²) in [6, 6.07) is 8.53. The highest BCUT2D eigenvalue weighted by Gasteiger charge is 2.12. The maximum Gasteiger partial charge on any atom is 0.321 e. The average molecular weight is 279 g/mol. The first-order valence-corrected chi connectivity index (χ1v) is 6.87. The standard InChI is InChI=1S/C15H13N5O/c1-2-10-4-5-12(8-11(10)3-1)14-16-7-6-13(18-14)19-15-20-17-9-21-15/h4-9H,1-3H2,(H,16,18,19,20). The lowest BCUT2D eigenvalue weighted by Gasteiger charge is -2.06. The molecule has 1 aromatic carbocycles. The molecule has 0 radical (unpaired) electrons. The van der Waals surface area contributed by atoms with E-state index in [4.69, 9.17) is 4.42 Å². The fourth-order valence-electron chi connectivity index (χ4n) is 2.62. The van der Waals surface area contributed by atoms with E-state index in [0.29, 0.717) is 17.7 Å². The van der Waals surface area contributed by atoms with Crippen LogP contribution in [0, 0.1) is 0 Å². The molecule has 6 heteroatoms. The topological polar surface area (TPSA) is 76.7 Å². The number of rotatable bonds is 3. The first kappa shape index (κ1) is 12.0. The second-order valence-electron chi connectivity index (χ2n) is 4.97. The maximum atomic E-state index is 5.05. The monoisotopic (exact) mass is 279 g/mol. The van der Waals surface area contributed by atoms with Crippen LogP contribution in [0.2, 0.25) is 0 Å². The molecule has 1 N–H and O–H groups in total. The van der Waals surface area contributed by atoms with Gasteiger partial charge in [-0.2, -0.15) is 0 Å². The highest BCUT2D eigenvalue weighted by Crippen LogP contribution is 2.27. The second kappa shape index (κ2) is 4.97. The Morgan fingerprint density at radius 1 is 1.10 bits per heavy atom. The minimum absolute atomic E-state index is 0.314. The lowest BCUT2D eigenvalue weighted by molar-refractivity contribution is 0.571. The molecule has 6 nitrogen and oxygen atoms in total. The third kappa shape index (κ3) is 2.35. The molecule has 0 saturated heterocycles. The van der Waals surface area contributed by atoms with Crippen LogP contribution in [0.5, 0.6) is 0 Å². The Morgan fingerprint density at radius 2 is 2.05 bits per heavy atom. The third-order valence-corrected chi connectivity index (χ3v) is 3.61. The Kier molecular flexibility index (Phi) is 2.85. The van der Waals surface area contributed by atoms with Crippen molar-refractivity contribution >= 4 is 11.8 Å². The maximum absolute atomic E-state index is 5.05. The van der Waals surface area contributed by atoms with Crippen LogP contribution < -0.4 is 5.32 Å². The minimum atomic E-state index is 0.314. The number of fused-ring (bicyclic) bond motifs is 1. The van der Waals surface area contributed by atoms with E-state index in [-0.39, 0.29) is 0 Å². The molecule has 1 aliphatic rings. The molecule has 21 heavy (non-hydrogen) atoms. The van der Waals surface area contributed by atoms with Crippen LogP contribution in [-0.2, 0) is 12.8 Å². The molecule has 2 heterocycles. The van der Waals surface area contributed by atoms with Crippen molar-refractivity contribution in [1.29, 1.82) is 0 Å². The summed E-state index contributed by atoms with van der Waals surface area (Å²) in [6.45, 7) is 0. The Morgan fingerprint density at radius 3 is 2.95 bits per heavy atom. The van der Waals surface area contributed by atoms with Gasteiger partial charge in [-0.1, -0.05) is 17.2 Å². The highest BCUT2D eigenvalue weighted by atomic mass is 16.4. The fourth-order valence-corrected chi connectivity index (χ4v) is 2.62. The van der Waals surface area contributed by atoms with Crippen LogP contribution in [0.3, 0.4) is 0 Å². The minimum Gasteiger partial charge on any atom is -0.411 e. The van der Waals surface area contributed by atoms with Crippen molar-refractivity contribution in [3.05, 3.63) is 48.0 Å². The number of anilines is 2. The summed E-state index contributed by atoms with van der Waals surface area (Å²) in [5.41, 5.74) is 3.88. The van der Waals surface area contributed by atoms with E-state index < -0.39 is 0 Å². The lowest BCUT2D eigenvalue weighted by atomic mass is 10.1. The molecule has 0 atom stereocenters. The van der Waals surface area contributed by atoms with Gasteiger partial charge in [-0.15, -0.1) is 5.10 Å². The van der Waals surface area contributed by atoms with Crippen LogP contribution in [0.4, 0.5) is 11.8 Å². The molecule has 0 aliphatic heterocycles. The number of benzene rings is 1. The van der Waals surface area contributed by atoms with Crippen molar-refractivity contribution in [2.45, 2.75) is 19.3 Å². The quantitative estimate of drug-likeness (QED) is 0.794. The molecule has 0 amide bonds. The second-order valence-corrected chi connectivity index (χ2v) is 4.97. The van der Waals surface area contributed by atoms with Gasteiger partial charge >= 0.3 is 6.01 Å². The van der Waals surface area contributed by atoms with Crippen LogP contribution in [0.1, 0.15) is 17.5 Å². The highest BCUT2D eigenvalue weighted by molar-refractivity contribution is 5.60. The van der Waals surface area contributed by atoms with Gasteiger partial charge in [0, 0.05) is 11.8 Å². The summed E-state index contributed by atoms with van der Waals surface area (Å²) in [6.07, 6.45) is 6.54. The predicted octanol–water partition coefficient (Wildman–Crippen LogP) is 2.76. The van der Waals surface area contributed by atoms with Gasteiger partial charge in [-0.3, -0.25) is 5.32 Å². The van der Waals surface area contributed by atoms with Crippen LogP contribution in [0.25, 0.3) is 11.4 Å². The number of hydrogen-bond acceptors (Lipinski definition) is 6. The number of nitrogens with one attached hydrogen (secondary N) is 1. The Balaban J connectivity index is 1.66. The van der Waals surface area contributed by atoms with Gasteiger partial charge in [0.15, 0.2) is 5.82 Å². The van der Waals surface area contributed by atoms with E-state index in [1.165, 1.54) is 30.4 Å². The summed E-state index contributed by atoms with van der Waals surface area (Å²) in [5.74, 6) is 1.32. The van der Waals surface area contributed by atoms with Crippen LogP contribution in [0.15, 0.2) is 41.3 Å². The number of aromatic nitrogens is 4. The zero-order valence-electron chi connectivity index (χ0n) is 11.3. The van der Waals surface area contributed by atoms with Gasteiger partial charge in [0.05, 0.1) is 0 Å². The van der Waals surface area contributed by atoms with E-state index in [1.54, 1.807) is 12.3 Å². The van der Waals surface area contributed by atoms with Crippen molar-refractivity contribution in [1.82, 2.24) is 20.2 Å².